The number of sulfonamides is 1. The molecule has 1 aliphatic carbocycles. The molecule has 7 nitrogen and oxygen atoms in total. The number of hydrogen-bond acceptors (Lipinski definition) is 6. The Morgan fingerprint density at radius 1 is 1.23 bits per heavy atom. The van der Waals surface area contributed by atoms with Gasteiger partial charge in [0.15, 0.2) is 0 Å². The van der Waals surface area contributed by atoms with Gasteiger partial charge in [0.05, 0.1) is 10.8 Å². The van der Waals surface area contributed by atoms with E-state index in [9.17, 15) is 8.42 Å². The van der Waals surface area contributed by atoms with E-state index in [1.165, 1.54) is 0 Å². The summed E-state index contributed by atoms with van der Waals surface area (Å²) in [4.78, 5) is 4.37. The summed E-state index contributed by atoms with van der Waals surface area (Å²) >= 11 is 6.16. The molecule has 0 bridgehead atoms. The summed E-state index contributed by atoms with van der Waals surface area (Å²) in [7, 11) is -3.12. The summed E-state index contributed by atoms with van der Waals surface area (Å²) in [5, 5.41) is 7.83. The molecule has 0 saturated heterocycles. The van der Waals surface area contributed by atoms with Gasteiger partial charge in [-0.2, -0.15) is 4.98 Å². The molecule has 1 heterocycles. The van der Waals surface area contributed by atoms with Gasteiger partial charge in [0.2, 0.25) is 15.8 Å². The Morgan fingerprint density at radius 2 is 1.96 bits per heavy atom. The minimum Gasteiger partial charge on any atom is -0.335 e. The SMILES string of the molecule is CCS(=O)(=O)NC[C@H]1CC[C@H](Nc2nc(-c3ccccc3Cl)no2)CC1. The lowest BCUT2D eigenvalue weighted by molar-refractivity contribution is 0.330. The average molecular weight is 399 g/mol. The minimum absolute atomic E-state index is 0.120. The van der Waals surface area contributed by atoms with Gasteiger partial charge >= 0.3 is 6.01 Å². The summed E-state index contributed by atoms with van der Waals surface area (Å²) in [5.41, 5.74) is 0.734. The zero-order chi connectivity index (χ0) is 18.6. The van der Waals surface area contributed by atoms with E-state index in [0.717, 1.165) is 31.2 Å². The molecule has 0 aliphatic heterocycles. The van der Waals surface area contributed by atoms with Gasteiger partial charge in [-0.3, -0.25) is 0 Å². The number of halogens is 1. The molecule has 0 atom stereocenters. The molecular weight excluding hydrogens is 376 g/mol. The van der Waals surface area contributed by atoms with Crippen molar-refractivity contribution in [2.24, 2.45) is 5.92 Å². The van der Waals surface area contributed by atoms with Crippen LogP contribution < -0.4 is 10.0 Å². The summed E-state index contributed by atoms with van der Waals surface area (Å²) in [6, 6.07) is 7.99. The van der Waals surface area contributed by atoms with Gasteiger partial charge in [-0.05, 0) is 50.7 Å². The highest BCUT2D eigenvalue weighted by molar-refractivity contribution is 7.89. The lowest BCUT2D eigenvalue weighted by Crippen LogP contribution is -2.34. The number of hydrogen-bond donors (Lipinski definition) is 2. The fourth-order valence-corrected chi connectivity index (χ4v) is 3.98. The van der Waals surface area contributed by atoms with Gasteiger partial charge in [-0.25, -0.2) is 13.1 Å². The third-order valence-electron chi connectivity index (χ3n) is 4.69. The second kappa shape index (κ2) is 8.37. The normalized spacial score (nSPS) is 20.8. The number of aromatic nitrogens is 2. The number of nitrogens with zero attached hydrogens (tertiary/aromatic N) is 2. The second-order valence-electron chi connectivity index (χ2n) is 6.52. The van der Waals surface area contributed by atoms with Crippen molar-refractivity contribution in [3.8, 4) is 11.4 Å². The Morgan fingerprint density at radius 3 is 2.65 bits per heavy atom. The summed E-state index contributed by atoms with van der Waals surface area (Å²) in [5.74, 6) is 0.950. The molecule has 0 amide bonds. The molecule has 3 rings (SSSR count). The molecule has 1 aromatic carbocycles. The molecule has 1 saturated carbocycles. The van der Waals surface area contributed by atoms with Crippen molar-refractivity contribution in [2.75, 3.05) is 17.6 Å². The van der Waals surface area contributed by atoms with Crippen LogP contribution in [-0.2, 0) is 10.0 Å². The molecule has 2 aromatic rings. The molecule has 9 heteroatoms. The summed E-state index contributed by atoms with van der Waals surface area (Å²) in [6.45, 7) is 2.16. The van der Waals surface area contributed by atoms with Crippen LogP contribution in [0.15, 0.2) is 28.8 Å². The minimum atomic E-state index is -3.12. The smallest absolute Gasteiger partial charge is 0.322 e. The first-order valence-electron chi connectivity index (χ1n) is 8.79. The fraction of sp³-hybridized carbons (Fsp3) is 0.529. The molecule has 0 spiro atoms. The zero-order valence-corrected chi connectivity index (χ0v) is 16.2. The van der Waals surface area contributed by atoms with Crippen LogP contribution in [0.4, 0.5) is 6.01 Å². The zero-order valence-electron chi connectivity index (χ0n) is 14.6. The molecule has 26 heavy (non-hydrogen) atoms. The van der Waals surface area contributed by atoms with Crippen LogP contribution in [0.5, 0.6) is 0 Å². The number of nitrogens with one attached hydrogen (secondary N) is 2. The van der Waals surface area contributed by atoms with Crippen LogP contribution in [0.25, 0.3) is 11.4 Å². The lowest BCUT2D eigenvalue weighted by atomic mass is 9.86. The Hall–Kier alpha value is -1.64. The van der Waals surface area contributed by atoms with E-state index in [1.807, 2.05) is 18.2 Å². The van der Waals surface area contributed by atoms with Crippen LogP contribution in [-0.4, -0.2) is 36.9 Å². The molecule has 1 fully saturated rings. The van der Waals surface area contributed by atoms with E-state index in [0.29, 0.717) is 29.3 Å². The first kappa shape index (κ1) is 19.1. The van der Waals surface area contributed by atoms with Crippen LogP contribution in [0.2, 0.25) is 5.02 Å². The second-order valence-corrected chi connectivity index (χ2v) is 9.02. The van der Waals surface area contributed by atoms with Gasteiger partial charge in [0.25, 0.3) is 0 Å². The number of rotatable bonds is 7. The van der Waals surface area contributed by atoms with Crippen LogP contribution >= 0.6 is 11.6 Å². The van der Waals surface area contributed by atoms with Gasteiger partial charge in [0, 0.05) is 18.2 Å². The van der Waals surface area contributed by atoms with E-state index in [2.05, 4.69) is 20.2 Å². The molecule has 142 valence electrons. The molecule has 2 N–H and O–H groups in total. The predicted octanol–water partition coefficient (Wildman–Crippen LogP) is 3.30. The Bertz CT molecular complexity index is 832. The monoisotopic (exact) mass is 398 g/mol. The van der Waals surface area contributed by atoms with Gasteiger partial charge in [-0.1, -0.05) is 28.9 Å². The van der Waals surface area contributed by atoms with E-state index in [1.54, 1.807) is 13.0 Å². The molecule has 1 aliphatic rings. The maximum absolute atomic E-state index is 11.5. The standard InChI is InChI=1S/C17H23ClN4O3S/c1-2-26(23,24)19-11-12-7-9-13(10-8-12)20-17-21-16(22-25-17)14-5-3-4-6-15(14)18/h3-6,12-13,19H,2,7-11H2,1H3,(H,20,21,22)/t12-,13-. The van der Waals surface area contributed by atoms with Crippen molar-refractivity contribution < 1.29 is 12.9 Å². The average Bonchev–Trinajstić information content (AvgIpc) is 3.10. The quantitative estimate of drug-likeness (QED) is 0.742. The lowest BCUT2D eigenvalue weighted by Gasteiger charge is -2.28. The fourth-order valence-electron chi connectivity index (χ4n) is 3.07. The van der Waals surface area contributed by atoms with Gasteiger partial charge < -0.3 is 9.84 Å². The Balaban J connectivity index is 1.50. The van der Waals surface area contributed by atoms with Crippen LogP contribution in [0.3, 0.4) is 0 Å². The van der Waals surface area contributed by atoms with Crippen molar-refractivity contribution in [3.05, 3.63) is 29.3 Å². The van der Waals surface area contributed by atoms with Gasteiger partial charge in [-0.15, -0.1) is 0 Å². The third-order valence-corrected chi connectivity index (χ3v) is 6.38. The van der Waals surface area contributed by atoms with Crippen LogP contribution in [0.1, 0.15) is 32.6 Å². The first-order valence-corrected chi connectivity index (χ1v) is 10.8. The first-order chi connectivity index (χ1) is 12.5. The topological polar surface area (TPSA) is 97.1 Å². The highest BCUT2D eigenvalue weighted by atomic mass is 35.5. The molecular formula is C17H23ClN4O3S. The molecule has 0 radical (unpaired) electrons. The number of anilines is 1. The van der Waals surface area contributed by atoms with Crippen molar-refractivity contribution >= 4 is 27.6 Å². The highest BCUT2D eigenvalue weighted by Gasteiger charge is 2.23. The summed E-state index contributed by atoms with van der Waals surface area (Å²) in [6.07, 6.45) is 3.77. The van der Waals surface area contributed by atoms with Crippen molar-refractivity contribution in [1.29, 1.82) is 0 Å². The Labute approximate surface area is 158 Å². The van der Waals surface area contributed by atoms with E-state index < -0.39 is 10.0 Å². The van der Waals surface area contributed by atoms with Crippen molar-refractivity contribution in [3.63, 3.8) is 0 Å². The van der Waals surface area contributed by atoms with Crippen molar-refractivity contribution in [1.82, 2.24) is 14.9 Å². The largest absolute Gasteiger partial charge is 0.335 e. The Kier molecular flexibility index (Phi) is 6.16. The van der Waals surface area contributed by atoms with E-state index in [-0.39, 0.29) is 11.8 Å². The number of benzene rings is 1. The summed E-state index contributed by atoms with van der Waals surface area (Å²) < 4.78 is 31.0. The highest BCUT2D eigenvalue weighted by Crippen LogP contribution is 2.28. The van der Waals surface area contributed by atoms with Crippen LogP contribution in [0, 0.1) is 5.92 Å². The maximum Gasteiger partial charge on any atom is 0.322 e. The predicted molar refractivity (Wildman–Crippen MR) is 102 cm³/mol. The van der Waals surface area contributed by atoms with Gasteiger partial charge in [0.1, 0.15) is 0 Å². The molecule has 0 unspecified atom stereocenters. The maximum atomic E-state index is 11.5. The van der Waals surface area contributed by atoms with E-state index >= 15 is 0 Å². The molecule has 1 aromatic heterocycles. The van der Waals surface area contributed by atoms with E-state index in [4.69, 9.17) is 16.1 Å². The van der Waals surface area contributed by atoms with Crippen molar-refractivity contribution in [2.45, 2.75) is 38.6 Å². The third kappa shape index (κ3) is 4.96.